The van der Waals surface area contributed by atoms with Gasteiger partial charge in [-0.15, -0.1) is 0 Å². The Morgan fingerprint density at radius 3 is 2.56 bits per heavy atom. The largest absolute Gasteiger partial charge is 0.456 e. The van der Waals surface area contributed by atoms with Crippen molar-refractivity contribution in [1.29, 1.82) is 0 Å². The molecule has 1 fully saturated rings. The number of benzene rings is 1. The van der Waals surface area contributed by atoms with Gasteiger partial charge >= 0.3 is 5.97 Å². The van der Waals surface area contributed by atoms with E-state index in [0.29, 0.717) is 23.8 Å². The maximum Gasteiger partial charge on any atom is 0.340 e. The Kier molecular flexibility index (Phi) is 4.11. The summed E-state index contributed by atoms with van der Waals surface area (Å²) in [6.07, 6.45) is -1.58. The average molecular weight is 266 g/mol. The summed E-state index contributed by atoms with van der Waals surface area (Å²) < 4.78 is 5.18. The fourth-order valence-electron chi connectivity index (χ4n) is 1.63. The maximum absolute atomic E-state index is 11.7. The Labute approximate surface area is 110 Å². The molecule has 6 heteroatoms. The molecule has 1 aliphatic heterocycles. The Hall–Kier alpha value is -1.66. The molecule has 2 rings (SSSR count). The fourth-order valence-corrected chi connectivity index (χ4v) is 1.80. The fraction of sp³-hybridized carbons (Fsp3) is 0.333. The van der Waals surface area contributed by atoms with Gasteiger partial charge in [0.25, 0.3) is 0 Å². The molecule has 96 valence electrons. The minimum atomic E-state index is -1.25. The van der Waals surface area contributed by atoms with Crippen molar-refractivity contribution >= 4 is 23.3 Å². The molecule has 1 atom stereocenters. The number of aliphatic hydroxyl groups excluding tert-OH is 1. The van der Waals surface area contributed by atoms with Gasteiger partial charge in [-0.3, -0.25) is 0 Å². The first-order chi connectivity index (χ1) is 8.66. The molecule has 1 aliphatic rings. The van der Waals surface area contributed by atoms with Crippen LogP contribution in [0.2, 0.25) is 0 Å². The van der Waals surface area contributed by atoms with Crippen LogP contribution in [0.1, 0.15) is 11.7 Å². The van der Waals surface area contributed by atoms with E-state index >= 15 is 0 Å². The van der Waals surface area contributed by atoms with Crippen LogP contribution in [0.4, 0.5) is 0 Å². The third kappa shape index (κ3) is 3.18. The molecular weight excluding hydrogens is 252 g/mol. The van der Waals surface area contributed by atoms with Crippen molar-refractivity contribution in [2.75, 3.05) is 13.1 Å². The first-order valence-electron chi connectivity index (χ1n) is 5.62. The standard InChI is InChI=1S/C12H14N2O3S/c15-10(8-4-2-1-3-5-8)11(16)17-9-6-13-12(18)14-7-9/h1-5,9-10,15H,6-7H2,(H2,13,14,18)/t10-/m1/s1. The van der Waals surface area contributed by atoms with E-state index in [2.05, 4.69) is 10.6 Å². The third-order valence-electron chi connectivity index (χ3n) is 2.60. The van der Waals surface area contributed by atoms with Gasteiger partial charge in [-0.25, -0.2) is 4.79 Å². The van der Waals surface area contributed by atoms with E-state index in [0.717, 1.165) is 0 Å². The highest BCUT2D eigenvalue weighted by atomic mass is 32.1. The van der Waals surface area contributed by atoms with Crippen LogP contribution in [0.15, 0.2) is 30.3 Å². The summed E-state index contributed by atoms with van der Waals surface area (Å²) in [5.41, 5.74) is 0.523. The lowest BCUT2D eigenvalue weighted by Gasteiger charge is -2.26. The molecule has 0 unspecified atom stereocenters. The second-order valence-corrected chi connectivity index (χ2v) is 4.37. The Morgan fingerprint density at radius 1 is 1.33 bits per heavy atom. The van der Waals surface area contributed by atoms with Gasteiger partial charge in [0.15, 0.2) is 11.2 Å². The Balaban J connectivity index is 1.90. The molecule has 0 amide bonds. The van der Waals surface area contributed by atoms with Crippen LogP contribution in [-0.2, 0) is 9.53 Å². The average Bonchev–Trinajstić information content (AvgIpc) is 2.41. The first-order valence-corrected chi connectivity index (χ1v) is 6.03. The zero-order valence-corrected chi connectivity index (χ0v) is 10.4. The lowest BCUT2D eigenvalue weighted by molar-refractivity contribution is -0.159. The lowest BCUT2D eigenvalue weighted by Crippen LogP contribution is -2.52. The van der Waals surface area contributed by atoms with Crippen LogP contribution < -0.4 is 10.6 Å². The molecule has 1 aromatic carbocycles. The van der Waals surface area contributed by atoms with Gasteiger partial charge < -0.3 is 20.5 Å². The number of hydrogen-bond acceptors (Lipinski definition) is 4. The topological polar surface area (TPSA) is 70.6 Å². The Morgan fingerprint density at radius 2 is 1.94 bits per heavy atom. The number of carbonyl (C=O) groups is 1. The van der Waals surface area contributed by atoms with Gasteiger partial charge in [-0.1, -0.05) is 30.3 Å². The second kappa shape index (κ2) is 5.79. The van der Waals surface area contributed by atoms with Crippen molar-refractivity contribution < 1.29 is 14.6 Å². The summed E-state index contributed by atoms with van der Waals surface area (Å²) in [7, 11) is 0. The van der Waals surface area contributed by atoms with Crippen LogP contribution in [-0.4, -0.2) is 35.4 Å². The highest BCUT2D eigenvalue weighted by molar-refractivity contribution is 7.80. The SMILES string of the molecule is O=C(OC1CNC(=S)NC1)[C@H](O)c1ccccc1. The van der Waals surface area contributed by atoms with E-state index in [1.807, 2.05) is 6.07 Å². The van der Waals surface area contributed by atoms with E-state index in [1.165, 1.54) is 0 Å². The highest BCUT2D eigenvalue weighted by Crippen LogP contribution is 2.14. The maximum atomic E-state index is 11.7. The van der Waals surface area contributed by atoms with E-state index in [4.69, 9.17) is 17.0 Å². The van der Waals surface area contributed by atoms with Crippen molar-refractivity contribution in [1.82, 2.24) is 10.6 Å². The second-order valence-electron chi connectivity index (χ2n) is 3.96. The lowest BCUT2D eigenvalue weighted by atomic mass is 10.1. The van der Waals surface area contributed by atoms with E-state index in [9.17, 15) is 9.90 Å². The minimum absolute atomic E-state index is 0.331. The first kappa shape index (κ1) is 12.8. The van der Waals surface area contributed by atoms with Gasteiger partial charge in [0.1, 0.15) is 6.10 Å². The molecule has 0 radical (unpaired) electrons. The number of thiocarbonyl (C=S) groups is 1. The predicted octanol–water partition coefficient (Wildman–Crippen LogP) is 0.109. The molecule has 3 N–H and O–H groups in total. The smallest absolute Gasteiger partial charge is 0.340 e. The summed E-state index contributed by atoms with van der Waals surface area (Å²) in [4.78, 5) is 11.7. The molecular formula is C12H14N2O3S. The van der Waals surface area contributed by atoms with Crippen LogP contribution in [0.5, 0.6) is 0 Å². The number of carbonyl (C=O) groups excluding carboxylic acids is 1. The minimum Gasteiger partial charge on any atom is -0.456 e. The zero-order chi connectivity index (χ0) is 13.0. The summed E-state index contributed by atoms with van der Waals surface area (Å²) >= 11 is 4.89. The molecule has 5 nitrogen and oxygen atoms in total. The number of esters is 1. The third-order valence-corrected chi connectivity index (χ3v) is 2.89. The molecule has 1 heterocycles. The van der Waals surface area contributed by atoms with Crippen molar-refractivity contribution in [3.63, 3.8) is 0 Å². The van der Waals surface area contributed by atoms with Gasteiger partial charge in [0, 0.05) is 0 Å². The highest BCUT2D eigenvalue weighted by Gasteiger charge is 2.24. The molecule has 0 aromatic heterocycles. The number of hydrogen-bond donors (Lipinski definition) is 3. The zero-order valence-electron chi connectivity index (χ0n) is 9.63. The van der Waals surface area contributed by atoms with E-state index < -0.39 is 12.1 Å². The van der Waals surface area contributed by atoms with Crippen LogP contribution in [0, 0.1) is 0 Å². The van der Waals surface area contributed by atoms with Gasteiger partial charge in [-0.05, 0) is 17.8 Å². The van der Waals surface area contributed by atoms with Crippen molar-refractivity contribution in [3.8, 4) is 0 Å². The van der Waals surface area contributed by atoms with Crippen LogP contribution in [0.3, 0.4) is 0 Å². The molecule has 0 spiro atoms. The Bertz CT molecular complexity index is 428. The van der Waals surface area contributed by atoms with Crippen LogP contribution >= 0.6 is 12.2 Å². The molecule has 18 heavy (non-hydrogen) atoms. The molecule has 0 bridgehead atoms. The van der Waals surface area contributed by atoms with Gasteiger partial charge in [0.2, 0.25) is 0 Å². The molecule has 1 aromatic rings. The summed E-state index contributed by atoms with van der Waals surface area (Å²) in [6, 6.07) is 8.69. The molecule has 0 aliphatic carbocycles. The molecule has 1 saturated heterocycles. The molecule has 0 saturated carbocycles. The van der Waals surface area contributed by atoms with Crippen LogP contribution in [0.25, 0.3) is 0 Å². The summed E-state index contributed by atoms with van der Waals surface area (Å²) in [5, 5.41) is 16.1. The quantitative estimate of drug-likeness (QED) is 0.533. The normalized spacial score (nSPS) is 17.5. The monoisotopic (exact) mass is 266 g/mol. The van der Waals surface area contributed by atoms with E-state index in [-0.39, 0.29) is 6.10 Å². The number of ether oxygens (including phenoxy) is 1. The summed E-state index contributed by atoms with van der Waals surface area (Å²) in [6.45, 7) is 0.915. The predicted molar refractivity (Wildman–Crippen MR) is 69.9 cm³/mol. The number of aliphatic hydroxyl groups is 1. The van der Waals surface area contributed by atoms with Gasteiger partial charge in [0.05, 0.1) is 13.1 Å². The number of rotatable bonds is 3. The van der Waals surface area contributed by atoms with E-state index in [1.54, 1.807) is 24.3 Å². The van der Waals surface area contributed by atoms with Crippen molar-refractivity contribution in [2.45, 2.75) is 12.2 Å². The van der Waals surface area contributed by atoms with Crippen molar-refractivity contribution in [3.05, 3.63) is 35.9 Å². The van der Waals surface area contributed by atoms with Crippen molar-refractivity contribution in [2.24, 2.45) is 0 Å². The number of nitrogens with one attached hydrogen (secondary N) is 2. The summed E-state index contributed by atoms with van der Waals surface area (Å²) in [5.74, 6) is -0.650. The van der Waals surface area contributed by atoms with Gasteiger partial charge in [-0.2, -0.15) is 0 Å².